The van der Waals surface area contributed by atoms with Crippen LogP contribution in [0.1, 0.15) is 30.7 Å². The van der Waals surface area contributed by atoms with E-state index in [1.807, 2.05) is 0 Å². The molecule has 1 aromatic rings. The van der Waals surface area contributed by atoms with Gasteiger partial charge in [0, 0.05) is 30.0 Å². The summed E-state index contributed by atoms with van der Waals surface area (Å²) in [7, 11) is 0. The molecule has 1 heterocycles. The van der Waals surface area contributed by atoms with Crippen LogP contribution in [0.15, 0.2) is 9.85 Å². The normalized spacial score (nSPS) is 15.1. The Bertz CT molecular complexity index is 314. The van der Waals surface area contributed by atoms with E-state index in [1.54, 1.807) is 11.3 Å². The van der Waals surface area contributed by atoms with E-state index >= 15 is 0 Å². The maximum absolute atomic E-state index is 9.29. The summed E-state index contributed by atoms with van der Waals surface area (Å²) in [6.07, 6.45) is 0.990. The molecule has 0 radical (unpaired) electrons. The molecule has 0 amide bonds. The zero-order valence-corrected chi connectivity index (χ0v) is 12.5. The molecule has 1 atom stereocenters. The topological polar surface area (TPSA) is 32.3 Å². The fraction of sp³-hybridized carbons (Fsp3) is 0.667. The molecule has 1 rings (SSSR count). The number of hydrogen-bond acceptors (Lipinski definition) is 3. The van der Waals surface area contributed by atoms with Crippen LogP contribution in [0.5, 0.6) is 0 Å². The number of aliphatic hydroxyl groups excluding tert-OH is 1. The van der Waals surface area contributed by atoms with Gasteiger partial charge in [0.1, 0.15) is 0 Å². The third-order valence-electron chi connectivity index (χ3n) is 2.99. The second-order valence-corrected chi connectivity index (χ2v) is 7.05. The van der Waals surface area contributed by atoms with Crippen molar-refractivity contribution in [3.05, 3.63) is 20.3 Å². The maximum atomic E-state index is 9.29. The van der Waals surface area contributed by atoms with Gasteiger partial charge in [0.2, 0.25) is 0 Å². The van der Waals surface area contributed by atoms with Gasteiger partial charge in [-0.05, 0) is 40.9 Å². The molecule has 0 aliphatic rings. The third kappa shape index (κ3) is 3.84. The van der Waals surface area contributed by atoms with Gasteiger partial charge in [-0.2, -0.15) is 0 Å². The summed E-state index contributed by atoms with van der Waals surface area (Å²) in [5.41, 5.74) is 1.30. The molecule has 16 heavy (non-hydrogen) atoms. The first-order chi connectivity index (χ1) is 7.50. The standard InChI is InChI=1S/C12H20BrNOS/c1-4-12(3,8-15)7-14-6-10-5-9(2)11(13)16-10/h5,14-15H,4,6-8H2,1-3H3. The molecule has 92 valence electrons. The summed E-state index contributed by atoms with van der Waals surface area (Å²) < 4.78 is 1.21. The van der Waals surface area contributed by atoms with Gasteiger partial charge in [-0.3, -0.25) is 0 Å². The molecule has 1 unspecified atom stereocenters. The highest BCUT2D eigenvalue weighted by molar-refractivity contribution is 9.11. The highest BCUT2D eigenvalue weighted by Crippen LogP contribution is 2.27. The second kappa shape index (κ2) is 6.15. The van der Waals surface area contributed by atoms with Gasteiger partial charge in [-0.1, -0.05) is 13.8 Å². The molecule has 4 heteroatoms. The maximum Gasteiger partial charge on any atom is 0.0730 e. The lowest BCUT2D eigenvalue weighted by molar-refractivity contribution is 0.135. The zero-order chi connectivity index (χ0) is 12.2. The quantitative estimate of drug-likeness (QED) is 0.845. The number of aryl methyl sites for hydroxylation is 1. The highest BCUT2D eigenvalue weighted by atomic mass is 79.9. The minimum Gasteiger partial charge on any atom is -0.396 e. The van der Waals surface area contributed by atoms with E-state index in [2.05, 4.69) is 48.1 Å². The average molecular weight is 306 g/mol. The van der Waals surface area contributed by atoms with Crippen LogP contribution in [0.25, 0.3) is 0 Å². The van der Waals surface area contributed by atoms with Crippen molar-refractivity contribution in [1.29, 1.82) is 0 Å². The number of nitrogens with one attached hydrogen (secondary N) is 1. The van der Waals surface area contributed by atoms with Crippen molar-refractivity contribution in [2.24, 2.45) is 5.41 Å². The molecule has 2 nitrogen and oxygen atoms in total. The predicted molar refractivity (Wildman–Crippen MR) is 73.9 cm³/mol. The molecule has 2 N–H and O–H groups in total. The first-order valence-electron chi connectivity index (χ1n) is 5.57. The van der Waals surface area contributed by atoms with E-state index < -0.39 is 0 Å². The number of rotatable bonds is 6. The molecule has 0 fully saturated rings. The molecular weight excluding hydrogens is 286 g/mol. The lowest BCUT2D eigenvalue weighted by Gasteiger charge is -2.25. The molecule has 0 spiro atoms. The number of aliphatic hydroxyl groups is 1. The van der Waals surface area contributed by atoms with Gasteiger partial charge in [0.05, 0.1) is 3.79 Å². The van der Waals surface area contributed by atoms with Crippen LogP contribution in [0, 0.1) is 12.3 Å². The molecular formula is C12H20BrNOS. The van der Waals surface area contributed by atoms with Crippen molar-refractivity contribution in [2.75, 3.05) is 13.2 Å². The first-order valence-corrected chi connectivity index (χ1v) is 7.18. The minimum absolute atomic E-state index is 0.00351. The largest absolute Gasteiger partial charge is 0.396 e. The summed E-state index contributed by atoms with van der Waals surface area (Å²) in [5, 5.41) is 12.7. The van der Waals surface area contributed by atoms with Crippen LogP contribution in [0.2, 0.25) is 0 Å². The molecule has 0 aliphatic carbocycles. The van der Waals surface area contributed by atoms with Crippen molar-refractivity contribution in [1.82, 2.24) is 5.32 Å². The Balaban J connectivity index is 2.41. The molecule has 0 aliphatic heterocycles. The van der Waals surface area contributed by atoms with Gasteiger partial charge < -0.3 is 10.4 Å². The Morgan fingerprint density at radius 2 is 2.25 bits per heavy atom. The van der Waals surface area contributed by atoms with E-state index in [1.165, 1.54) is 14.2 Å². The number of halogens is 1. The van der Waals surface area contributed by atoms with Crippen LogP contribution in [0.3, 0.4) is 0 Å². The Morgan fingerprint density at radius 3 is 2.69 bits per heavy atom. The molecule has 0 bridgehead atoms. The van der Waals surface area contributed by atoms with E-state index in [-0.39, 0.29) is 12.0 Å². The van der Waals surface area contributed by atoms with Gasteiger partial charge in [0.25, 0.3) is 0 Å². The van der Waals surface area contributed by atoms with Gasteiger partial charge in [-0.15, -0.1) is 11.3 Å². The number of hydrogen-bond donors (Lipinski definition) is 2. The zero-order valence-electron chi connectivity index (χ0n) is 10.1. The van der Waals surface area contributed by atoms with Crippen molar-refractivity contribution in [3.63, 3.8) is 0 Å². The van der Waals surface area contributed by atoms with E-state index in [9.17, 15) is 5.11 Å². The van der Waals surface area contributed by atoms with Crippen LogP contribution in [0.4, 0.5) is 0 Å². The Labute approximate surface area is 110 Å². The summed E-state index contributed by atoms with van der Waals surface area (Å²) in [6.45, 7) is 8.30. The van der Waals surface area contributed by atoms with Gasteiger partial charge >= 0.3 is 0 Å². The van der Waals surface area contributed by atoms with Crippen molar-refractivity contribution >= 4 is 27.3 Å². The highest BCUT2D eigenvalue weighted by Gasteiger charge is 2.20. The van der Waals surface area contributed by atoms with Crippen LogP contribution >= 0.6 is 27.3 Å². The van der Waals surface area contributed by atoms with Crippen LogP contribution < -0.4 is 5.32 Å². The number of thiophene rings is 1. The first kappa shape index (κ1) is 14.2. The Morgan fingerprint density at radius 1 is 1.56 bits per heavy atom. The monoisotopic (exact) mass is 305 g/mol. The fourth-order valence-corrected chi connectivity index (χ4v) is 2.99. The van der Waals surface area contributed by atoms with E-state index in [0.29, 0.717) is 0 Å². The fourth-order valence-electron chi connectivity index (χ4n) is 1.39. The lowest BCUT2D eigenvalue weighted by atomic mass is 9.89. The van der Waals surface area contributed by atoms with Crippen molar-refractivity contribution in [3.8, 4) is 0 Å². The summed E-state index contributed by atoms with van der Waals surface area (Å²) in [6, 6.07) is 2.20. The smallest absolute Gasteiger partial charge is 0.0730 e. The van der Waals surface area contributed by atoms with Gasteiger partial charge in [0.15, 0.2) is 0 Å². The van der Waals surface area contributed by atoms with Crippen molar-refractivity contribution < 1.29 is 5.11 Å². The van der Waals surface area contributed by atoms with Crippen molar-refractivity contribution in [2.45, 2.75) is 33.7 Å². The van der Waals surface area contributed by atoms with E-state index in [4.69, 9.17) is 0 Å². The lowest BCUT2D eigenvalue weighted by Crippen LogP contribution is -2.33. The third-order valence-corrected chi connectivity index (χ3v) is 5.13. The molecule has 0 saturated heterocycles. The molecule has 0 aromatic carbocycles. The minimum atomic E-state index is 0.00351. The molecule has 1 aromatic heterocycles. The van der Waals surface area contributed by atoms with Crippen LogP contribution in [-0.2, 0) is 6.54 Å². The van der Waals surface area contributed by atoms with Gasteiger partial charge in [-0.25, -0.2) is 0 Å². The van der Waals surface area contributed by atoms with E-state index in [0.717, 1.165) is 19.5 Å². The second-order valence-electron chi connectivity index (χ2n) is 4.60. The summed E-state index contributed by atoms with van der Waals surface area (Å²) in [5.74, 6) is 0. The SMILES string of the molecule is CCC(C)(CO)CNCc1cc(C)c(Br)s1. The van der Waals surface area contributed by atoms with Crippen LogP contribution in [-0.4, -0.2) is 18.3 Å². The summed E-state index contributed by atoms with van der Waals surface area (Å²) in [4.78, 5) is 1.33. The predicted octanol–water partition coefficient (Wildman–Crippen LogP) is 3.32. The summed E-state index contributed by atoms with van der Waals surface area (Å²) >= 11 is 5.30. The Kier molecular flexibility index (Phi) is 5.44. The Hall–Kier alpha value is 0.1000. The molecule has 0 saturated carbocycles. The average Bonchev–Trinajstić information content (AvgIpc) is 2.58.